The lowest BCUT2D eigenvalue weighted by Crippen LogP contribution is -2.09. The van der Waals surface area contributed by atoms with Crippen LogP contribution in [0.4, 0.5) is 5.88 Å². The second kappa shape index (κ2) is 3.83. The molecule has 1 aliphatic heterocycles. The molecule has 1 aliphatic rings. The molecule has 0 radical (unpaired) electrons. The second-order valence-electron chi connectivity index (χ2n) is 3.88. The molecule has 0 bridgehead atoms. The first-order valence-electron chi connectivity index (χ1n) is 5.33. The molecule has 0 aliphatic carbocycles. The summed E-state index contributed by atoms with van der Waals surface area (Å²) in [5.74, 6) is 0.816. The summed E-state index contributed by atoms with van der Waals surface area (Å²) >= 11 is 5.86. The Morgan fingerprint density at radius 1 is 1.25 bits per heavy atom. The number of rotatable bonds is 1. The molecule has 3 nitrogen and oxygen atoms in total. The summed E-state index contributed by atoms with van der Waals surface area (Å²) < 4.78 is 5.28. The van der Waals surface area contributed by atoms with Crippen molar-refractivity contribution in [3.05, 3.63) is 34.9 Å². The van der Waals surface area contributed by atoms with Gasteiger partial charge in [-0.15, -0.1) is 0 Å². The van der Waals surface area contributed by atoms with Crippen molar-refractivity contribution in [2.24, 2.45) is 0 Å². The van der Waals surface area contributed by atoms with Crippen LogP contribution in [0.5, 0.6) is 0 Å². The van der Waals surface area contributed by atoms with Crippen LogP contribution in [-0.2, 0) is 6.42 Å². The zero-order valence-electron chi connectivity index (χ0n) is 8.66. The minimum Gasteiger partial charge on any atom is -0.354 e. The van der Waals surface area contributed by atoms with Crippen LogP contribution in [-0.4, -0.2) is 11.7 Å². The maximum atomic E-state index is 5.86. The van der Waals surface area contributed by atoms with Gasteiger partial charge in [-0.1, -0.05) is 28.9 Å². The first-order chi connectivity index (χ1) is 7.84. The number of aromatic nitrogens is 1. The number of fused-ring (bicyclic) bond motifs is 1. The zero-order valence-corrected chi connectivity index (χ0v) is 9.42. The fraction of sp³-hybridized carbons (Fsp3) is 0.250. The summed E-state index contributed by atoms with van der Waals surface area (Å²) in [4.78, 5) is 0. The van der Waals surface area contributed by atoms with Crippen LogP contribution < -0.4 is 5.32 Å². The third-order valence-corrected chi connectivity index (χ3v) is 3.05. The van der Waals surface area contributed by atoms with Gasteiger partial charge in [-0.05, 0) is 25.0 Å². The van der Waals surface area contributed by atoms with Crippen LogP contribution in [0.15, 0.2) is 28.8 Å². The average molecular weight is 235 g/mol. The molecule has 1 aromatic heterocycles. The van der Waals surface area contributed by atoms with Crippen molar-refractivity contribution in [2.45, 2.75) is 12.8 Å². The standard InChI is InChI=1S/C12H11ClN2O/c13-9-5-3-8(4-6-9)11-10-2-1-7-14-12(10)16-15-11/h3-6,14H,1-2,7H2. The van der Waals surface area contributed by atoms with Crippen molar-refractivity contribution in [3.8, 4) is 11.3 Å². The molecule has 2 aromatic rings. The predicted octanol–water partition coefficient (Wildman–Crippen LogP) is 3.35. The first kappa shape index (κ1) is 9.73. The monoisotopic (exact) mass is 234 g/mol. The lowest BCUT2D eigenvalue weighted by Gasteiger charge is -2.11. The van der Waals surface area contributed by atoms with Crippen LogP contribution in [0.1, 0.15) is 12.0 Å². The van der Waals surface area contributed by atoms with Gasteiger partial charge in [0.05, 0.1) is 0 Å². The van der Waals surface area contributed by atoms with E-state index in [1.807, 2.05) is 24.3 Å². The third-order valence-electron chi connectivity index (χ3n) is 2.79. The Morgan fingerprint density at radius 2 is 2.06 bits per heavy atom. The molecule has 82 valence electrons. The Morgan fingerprint density at radius 3 is 2.88 bits per heavy atom. The summed E-state index contributed by atoms with van der Waals surface area (Å²) in [6, 6.07) is 7.67. The van der Waals surface area contributed by atoms with E-state index in [1.54, 1.807) is 0 Å². The second-order valence-corrected chi connectivity index (χ2v) is 4.31. The fourth-order valence-corrected chi connectivity index (χ4v) is 2.11. The first-order valence-corrected chi connectivity index (χ1v) is 5.71. The van der Waals surface area contributed by atoms with Gasteiger partial charge >= 0.3 is 0 Å². The molecule has 4 heteroatoms. The number of benzene rings is 1. The highest BCUT2D eigenvalue weighted by atomic mass is 35.5. The van der Waals surface area contributed by atoms with E-state index in [9.17, 15) is 0 Å². The van der Waals surface area contributed by atoms with E-state index in [0.717, 1.165) is 41.6 Å². The Hall–Kier alpha value is -1.48. The van der Waals surface area contributed by atoms with Gasteiger partial charge in [-0.3, -0.25) is 0 Å². The number of halogens is 1. The number of nitrogens with one attached hydrogen (secondary N) is 1. The van der Waals surface area contributed by atoms with Gasteiger partial charge in [0, 0.05) is 22.7 Å². The average Bonchev–Trinajstić information content (AvgIpc) is 2.74. The number of hydrogen-bond donors (Lipinski definition) is 1. The largest absolute Gasteiger partial charge is 0.354 e. The van der Waals surface area contributed by atoms with Crippen molar-refractivity contribution in [1.29, 1.82) is 0 Å². The van der Waals surface area contributed by atoms with Crippen molar-refractivity contribution in [2.75, 3.05) is 11.9 Å². The molecular formula is C12H11ClN2O. The lowest BCUT2D eigenvalue weighted by molar-refractivity contribution is 0.431. The maximum Gasteiger partial charge on any atom is 0.228 e. The van der Waals surface area contributed by atoms with E-state index in [1.165, 1.54) is 5.56 Å². The van der Waals surface area contributed by atoms with E-state index in [-0.39, 0.29) is 0 Å². The molecule has 3 rings (SSSR count). The van der Waals surface area contributed by atoms with Gasteiger partial charge in [0.25, 0.3) is 0 Å². The van der Waals surface area contributed by atoms with E-state index >= 15 is 0 Å². The Balaban J connectivity index is 2.06. The van der Waals surface area contributed by atoms with E-state index in [4.69, 9.17) is 16.1 Å². The summed E-state index contributed by atoms with van der Waals surface area (Å²) in [6.45, 7) is 0.961. The predicted molar refractivity (Wildman–Crippen MR) is 63.8 cm³/mol. The van der Waals surface area contributed by atoms with Crippen LogP contribution >= 0.6 is 11.6 Å². The topological polar surface area (TPSA) is 38.1 Å². The van der Waals surface area contributed by atoms with Crippen molar-refractivity contribution < 1.29 is 4.52 Å². The number of anilines is 1. The van der Waals surface area contributed by atoms with Gasteiger partial charge < -0.3 is 9.84 Å². The zero-order chi connectivity index (χ0) is 11.0. The van der Waals surface area contributed by atoms with Gasteiger partial charge in [-0.2, -0.15) is 0 Å². The minimum absolute atomic E-state index is 0.735. The minimum atomic E-state index is 0.735. The molecule has 16 heavy (non-hydrogen) atoms. The SMILES string of the molecule is Clc1ccc(-c2noc3c2CCCN3)cc1. The molecule has 0 atom stereocenters. The molecule has 0 saturated heterocycles. The molecule has 0 amide bonds. The third kappa shape index (κ3) is 1.57. The lowest BCUT2D eigenvalue weighted by atomic mass is 10.0. The molecule has 0 unspecified atom stereocenters. The maximum absolute atomic E-state index is 5.86. The van der Waals surface area contributed by atoms with Crippen molar-refractivity contribution in [3.63, 3.8) is 0 Å². The fourth-order valence-electron chi connectivity index (χ4n) is 1.98. The summed E-state index contributed by atoms with van der Waals surface area (Å²) in [7, 11) is 0. The Bertz CT molecular complexity index is 504. The van der Waals surface area contributed by atoms with Gasteiger partial charge in [0.15, 0.2) is 0 Å². The number of nitrogens with zero attached hydrogens (tertiary/aromatic N) is 1. The van der Waals surface area contributed by atoms with Crippen LogP contribution in [0.3, 0.4) is 0 Å². The van der Waals surface area contributed by atoms with E-state index in [0.29, 0.717) is 0 Å². The van der Waals surface area contributed by atoms with Crippen LogP contribution in [0, 0.1) is 0 Å². The van der Waals surface area contributed by atoms with Gasteiger partial charge in [-0.25, -0.2) is 0 Å². The highest BCUT2D eigenvalue weighted by molar-refractivity contribution is 6.30. The quantitative estimate of drug-likeness (QED) is 0.822. The summed E-state index contributed by atoms with van der Waals surface area (Å²) in [5.41, 5.74) is 3.16. The molecule has 1 N–H and O–H groups in total. The highest BCUT2D eigenvalue weighted by Gasteiger charge is 2.19. The highest BCUT2D eigenvalue weighted by Crippen LogP contribution is 2.32. The molecule has 0 spiro atoms. The molecule has 0 fully saturated rings. The molecule has 2 heterocycles. The molecule has 0 saturated carbocycles. The van der Waals surface area contributed by atoms with Gasteiger partial charge in [0.2, 0.25) is 5.88 Å². The van der Waals surface area contributed by atoms with Crippen molar-refractivity contribution >= 4 is 17.5 Å². The molecule has 1 aromatic carbocycles. The van der Waals surface area contributed by atoms with Crippen LogP contribution in [0.2, 0.25) is 5.02 Å². The summed E-state index contributed by atoms with van der Waals surface area (Å²) in [5, 5.41) is 8.06. The smallest absolute Gasteiger partial charge is 0.228 e. The summed E-state index contributed by atoms with van der Waals surface area (Å²) in [6.07, 6.45) is 2.14. The van der Waals surface area contributed by atoms with E-state index < -0.39 is 0 Å². The Kier molecular flexibility index (Phi) is 2.33. The van der Waals surface area contributed by atoms with Gasteiger partial charge in [0.1, 0.15) is 5.69 Å². The van der Waals surface area contributed by atoms with Crippen molar-refractivity contribution in [1.82, 2.24) is 5.16 Å². The molecular weight excluding hydrogens is 224 g/mol. The normalized spacial score (nSPS) is 14.3. The van der Waals surface area contributed by atoms with E-state index in [2.05, 4.69) is 10.5 Å². The Labute approximate surface area is 98.4 Å². The van der Waals surface area contributed by atoms with Crippen LogP contribution in [0.25, 0.3) is 11.3 Å². The number of hydrogen-bond acceptors (Lipinski definition) is 3.